The number of hydrogen-bond acceptors (Lipinski definition) is 7. The smallest absolute Gasteiger partial charge is 0.257 e. The van der Waals surface area contributed by atoms with Crippen molar-refractivity contribution < 1.29 is 12.9 Å². The van der Waals surface area contributed by atoms with Crippen LogP contribution in [0.3, 0.4) is 0 Å². The van der Waals surface area contributed by atoms with Gasteiger partial charge in [0.2, 0.25) is 0 Å². The van der Waals surface area contributed by atoms with Gasteiger partial charge in [0.1, 0.15) is 0 Å². The van der Waals surface area contributed by atoms with E-state index in [1.807, 2.05) is 7.05 Å². The Morgan fingerprint density at radius 2 is 2.04 bits per heavy atom. The van der Waals surface area contributed by atoms with E-state index in [-0.39, 0.29) is 24.2 Å². The number of likely N-dealkylation sites (N-methyl/N-ethyl adjacent to an activating group) is 1. The molecule has 1 saturated heterocycles. The molecule has 7 nitrogen and oxygen atoms in total. The van der Waals surface area contributed by atoms with Gasteiger partial charge in [-0.3, -0.25) is 4.90 Å². The lowest BCUT2D eigenvalue weighted by molar-refractivity contribution is 0.190. The number of piperazine rings is 1. The normalized spacial score (nSPS) is 19.0. The molecule has 9 heteroatoms. The van der Waals surface area contributed by atoms with Crippen molar-refractivity contribution in [2.75, 3.05) is 32.4 Å². The summed E-state index contributed by atoms with van der Waals surface area (Å²) in [4.78, 5) is 6.95. The number of rotatable bonds is 4. The Morgan fingerprint density at radius 3 is 2.67 bits per heavy atom. The topological polar surface area (TPSA) is 88.3 Å². The van der Waals surface area contributed by atoms with Gasteiger partial charge in [-0.25, -0.2) is 8.42 Å². The molecule has 1 aliphatic heterocycles. The van der Waals surface area contributed by atoms with Crippen LogP contribution in [0.4, 0.5) is 0 Å². The van der Waals surface area contributed by atoms with Crippen LogP contribution in [-0.4, -0.2) is 55.9 Å². The molecule has 0 spiro atoms. The summed E-state index contributed by atoms with van der Waals surface area (Å²) in [5, 5.41) is 7.38. The molecule has 1 aliphatic rings. The molecular formula is C15H21ClN4O3S. The monoisotopic (exact) mass is 372 g/mol. The summed E-state index contributed by atoms with van der Waals surface area (Å²) < 4.78 is 29.0. The molecule has 0 aliphatic carbocycles. The van der Waals surface area contributed by atoms with Crippen molar-refractivity contribution in [3.05, 3.63) is 30.1 Å². The first-order valence-electron chi connectivity index (χ1n) is 7.59. The highest BCUT2D eigenvalue weighted by Gasteiger charge is 2.25. The minimum Gasteiger partial charge on any atom is -0.334 e. The molecule has 0 radical (unpaired) electrons. The summed E-state index contributed by atoms with van der Waals surface area (Å²) in [5.41, 5.74) is 0.713. The van der Waals surface area contributed by atoms with Gasteiger partial charge >= 0.3 is 0 Å². The second kappa shape index (κ2) is 7.60. The minimum atomic E-state index is -3.20. The van der Waals surface area contributed by atoms with Gasteiger partial charge in [0.25, 0.3) is 5.89 Å². The number of hydrogen-bond donors (Lipinski definition) is 1. The van der Waals surface area contributed by atoms with Crippen LogP contribution in [0, 0.1) is 0 Å². The molecular weight excluding hydrogens is 352 g/mol. The molecule has 132 valence electrons. The van der Waals surface area contributed by atoms with Crippen molar-refractivity contribution in [3.63, 3.8) is 0 Å². The van der Waals surface area contributed by atoms with E-state index in [2.05, 4.69) is 20.4 Å². The second-order valence-corrected chi connectivity index (χ2v) is 7.86. The van der Waals surface area contributed by atoms with Gasteiger partial charge in [-0.15, -0.1) is 12.4 Å². The van der Waals surface area contributed by atoms with Gasteiger partial charge < -0.3 is 9.84 Å². The number of benzene rings is 1. The zero-order chi connectivity index (χ0) is 16.4. The zero-order valence-electron chi connectivity index (χ0n) is 13.6. The standard InChI is InChI=1S/C15H20N4O3S.ClH/c1-3-23(20,21)12-6-4-11(5-7-12)15-17-14(18-22-15)13-10-16-8-9-19(13)2;/h4-7,13,16H,3,8-10H2,1-2H3;1H. The maximum absolute atomic E-state index is 11.8. The maximum Gasteiger partial charge on any atom is 0.257 e. The van der Waals surface area contributed by atoms with Crippen molar-refractivity contribution >= 4 is 22.2 Å². The highest BCUT2D eigenvalue weighted by molar-refractivity contribution is 7.91. The fourth-order valence-electron chi connectivity index (χ4n) is 2.55. The number of aromatic nitrogens is 2. The van der Waals surface area contributed by atoms with E-state index in [1.165, 1.54) is 0 Å². The first kappa shape index (κ1) is 18.9. The molecule has 24 heavy (non-hydrogen) atoms. The maximum atomic E-state index is 11.8. The van der Waals surface area contributed by atoms with Crippen molar-refractivity contribution in [1.82, 2.24) is 20.4 Å². The van der Waals surface area contributed by atoms with Crippen LogP contribution in [0.15, 0.2) is 33.7 Å². The molecule has 3 rings (SSSR count). The van der Waals surface area contributed by atoms with Crippen LogP contribution >= 0.6 is 12.4 Å². The SMILES string of the molecule is CCS(=O)(=O)c1ccc(-c2nc(C3CNCCN3C)no2)cc1.Cl. The van der Waals surface area contributed by atoms with E-state index >= 15 is 0 Å². The summed E-state index contributed by atoms with van der Waals surface area (Å²) in [5.74, 6) is 1.12. The molecule has 2 aromatic rings. The molecule has 2 heterocycles. The third-order valence-corrected chi connectivity index (χ3v) is 5.84. The Hall–Kier alpha value is -1.48. The molecule has 1 fully saturated rings. The lowest BCUT2D eigenvalue weighted by atomic mass is 10.2. The van der Waals surface area contributed by atoms with Gasteiger partial charge in [-0.05, 0) is 31.3 Å². The van der Waals surface area contributed by atoms with Crippen molar-refractivity contribution in [2.24, 2.45) is 0 Å². The van der Waals surface area contributed by atoms with Gasteiger partial charge in [-0.2, -0.15) is 4.98 Å². The summed E-state index contributed by atoms with van der Waals surface area (Å²) in [6.07, 6.45) is 0. The molecule has 1 aromatic heterocycles. The van der Waals surface area contributed by atoms with E-state index < -0.39 is 9.84 Å². The lowest BCUT2D eigenvalue weighted by Gasteiger charge is -2.30. The van der Waals surface area contributed by atoms with Gasteiger partial charge in [0.15, 0.2) is 15.7 Å². The summed E-state index contributed by atoms with van der Waals surface area (Å²) in [7, 11) is -1.16. The van der Waals surface area contributed by atoms with Crippen molar-refractivity contribution in [3.8, 4) is 11.5 Å². The van der Waals surface area contributed by atoms with Crippen LogP contribution in [0.5, 0.6) is 0 Å². The molecule has 0 bridgehead atoms. The first-order valence-corrected chi connectivity index (χ1v) is 9.24. The van der Waals surface area contributed by atoms with E-state index in [0.717, 1.165) is 19.6 Å². The number of sulfone groups is 1. The van der Waals surface area contributed by atoms with Gasteiger partial charge in [0, 0.05) is 25.2 Å². The molecule has 0 saturated carbocycles. The molecule has 1 atom stereocenters. The van der Waals surface area contributed by atoms with E-state index in [0.29, 0.717) is 22.2 Å². The third kappa shape index (κ3) is 3.77. The summed E-state index contributed by atoms with van der Waals surface area (Å²) in [6.45, 7) is 4.29. The van der Waals surface area contributed by atoms with Crippen molar-refractivity contribution in [1.29, 1.82) is 0 Å². The highest BCUT2D eigenvalue weighted by atomic mass is 35.5. The average molecular weight is 373 g/mol. The predicted octanol–water partition coefficient (Wildman–Crippen LogP) is 1.53. The summed E-state index contributed by atoms with van der Waals surface area (Å²) >= 11 is 0. The van der Waals surface area contributed by atoms with Crippen LogP contribution < -0.4 is 5.32 Å². The minimum absolute atomic E-state index is 0. The van der Waals surface area contributed by atoms with Crippen molar-refractivity contribution in [2.45, 2.75) is 17.9 Å². The average Bonchev–Trinajstić information content (AvgIpc) is 3.05. The van der Waals surface area contributed by atoms with Crippen LogP contribution in [0.2, 0.25) is 0 Å². The molecule has 1 unspecified atom stereocenters. The number of nitrogens with one attached hydrogen (secondary N) is 1. The first-order chi connectivity index (χ1) is 11.0. The molecule has 1 N–H and O–H groups in total. The fourth-order valence-corrected chi connectivity index (χ4v) is 3.44. The Kier molecular flexibility index (Phi) is 5.97. The Morgan fingerprint density at radius 1 is 1.33 bits per heavy atom. The Labute approximate surface area is 147 Å². The fraction of sp³-hybridized carbons (Fsp3) is 0.467. The van der Waals surface area contributed by atoms with Crippen LogP contribution in [0.25, 0.3) is 11.5 Å². The number of halogens is 1. The van der Waals surface area contributed by atoms with Crippen LogP contribution in [-0.2, 0) is 9.84 Å². The highest BCUT2D eigenvalue weighted by Crippen LogP contribution is 2.24. The third-order valence-electron chi connectivity index (χ3n) is 4.09. The zero-order valence-corrected chi connectivity index (χ0v) is 15.2. The Balaban J connectivity index is 0.00000208. The van der Waals surface area contributed by atoms with E-state index in [4.69, 9.17) is 4.52 Å². The quantitative estimate of drug-likeness (QED) is 0.870. The van der Waals surface area contributed by atoms with Crippen LogP contribution in [0.1, 0.15) is 18.8 Å². The summed E-state index contributed by atoms with van der Waals surface area (Å²) in [6, 6.07) is 6.63. The Bertz CT molecular complexity index is 776. The second-order valence-electron chi connectivity index (χ2n) is 5.59. The lowest BCUT2D eigenvalue weighted by Crippen LogP contribution is -2.44. The number of nitrogens with zero attached hydrogens (tertiary/aromatic N) is 3. The van der Waals surface area contributed by atoms with E-state index in [1.54, 1.807) is 31.2 Å². The molecule has 0 amide bonds. The molecule has 1 aromatic carbocycles. The van der Waals surface area contributed by atoms with E-state index in [9.17, 15) is 8.42 Å². The van der Waals surface area contributed by atoms with Gasteiger partial charge in [-0.1, -0.05) is 12.1 Å². The van der Waals surface area contributed by atoms with Gasteiger partial charge in [0.05, 0.1) is 16.7 Å². The largest absolute Gasteiger partial charge is 0.334 e. The predicted molar refractivity (Wildman–Crippen MR) is 92.9 cm³/mol.